The molecule has 1 amide bonds. The first-order valence-electron chi connectivity index (χ1n) is 7.36. The van der Waals surface area contributed by atoms with Gasteiger partial charge in [0.1, 0.15) is 0 Å². The van der Waals surface area contributed by atoms with Crippen molar-refractivity contribution in [1.82, 2.24) is 20.2 Å². The van der Waals surface area contributed by atoms with Gasteiger partial charge < -0.3 is 15.2 Å². The second-order valence-corrected chi connectivity index (χ2v) is 6.24. The lowest BCUT2D eigenvalue weighted by atomic mass is 10.1. The number of primary amides is 1. The number of aromatic nitrogens is 4. The maximum atomic E-state index is 11.1. The number of carbonyl (C=O) groups is 1. The maximum Gasteiger partial charge on any atom is 0.248 e. The maximum absolute atomic E-state index is 11.1. The van der Waals surface area contributed by atoms with Crippen LogP contribution < -0.4 is 15.2 Å². The fourth-order valence-corrected chi connectivity index (χ4v) is 2.89. The molecule has 1 aliphatic rings. The number of hydrogen-bond donors (Lipinski definition) is 1. The number of nitrogens with two attached hydrogens (primary N) is 1. The predicted molar refractivity (Wildman–Crippen MR) is 91.1 cm³/mol. The lowest BCUT2D eigenvalue weighted by molar-refractivity contribution is 0.100. The van der Waals surface area contributed by atoms with Crippen LogP contribution in [0.5, 0.6) is 11.5 Å². The van der Waals surface area contributed by atoms with Gasteiger partial charge in [-0.15, -0.1) is 10.2 Å². The molecule has 0 aliphatic carbocycles. The highest BCUT2D eigenvalue weighted by Gasteiger charge is 2.17. The number of benzene rings is 2. The normalized spacial score (nSPS) is 12.4. The lowest BCUT2D eigenvalue weighted by Crippen LogP contribution is -2.10. The Morgan fingerprint density at radius 1 is 1.20 bits per heavy atom. The number of halogens is 1. The van der Waals surface area contributed by atoms with Gasteiger partial charge in [-0.25, -0.2) is 0 Å². The minimum absolute atomic E-state index is 0.220. The zero-order valence-corrected chi connectivity index (χ0v) is 14.4. The SMILES string of the molecule is NC(=O)c1ccc(-c2nnn(Cc3cc4c(cc3Br)OCO4)n2)cc1. The Bertz CT molecular complexity index is 955. The molecule has 0 spiro atoms. The fraction of sp³-hybridized carbons (Fsp3) is 0.125. The number of hydrogen-bond acceptors (Lipinski definition) is 6. The molecule has 1 aliphatic heterocycles. The van der Waals surface area contributed by atoms with Crippen LogP contribution in [0.1, 0.15) is 15.9 Å². The van der Waals surface area contributed by atoms with Gasteiger partial charge in [-0.3, -0.25) is 4.79 Å². The first-order chi connectivity index (χ1) is 12.1. The Morgan fingerprint density at radius 2 is 1.92 bits per heavy atom. The zero-order valence-electron chi connectivity index (χ0n) is 12.8. The van der Waals surface area contributed by atoms with E-state index in [0.29, 0.717) is 29.4 Å². The van der Waals surface area contributed by atoms with Crippen molar-refractivity contribution >= 4 is 21.8 Å². The van der Waals surface area contributed by atoms with E-state index in [9.17, 15) is 4.79 Å². The van der Waals surface area contributed by atoms with Crippen molar-refractivity contribution in [3.8, 4) is 22.9 Å². The third-order valence-electron chi connectivity index (χ3n) is 3.73. The first kappa shape index (κ1) is 15.6. The molecular formula is C16H12BrN5O3. The highest BCUT2D eigenvalue weighted by atomic mass is 79.9. The molecule has 3 aromatic rings. The van der Waals surface area contributed by atoms with Crippen LogP contribution in [0.4, 0.5) is 0 Å². The molecule has 25 heavy (non-hydrogen) atoms. The molecule has 0 unspecified atom stereocenters. The summed E-state index contributed by atoms with van der Waals surface area (Å²) in [5, 5.41) is 12.5. The molecule has 4 rings (SSSR count). The van der Waals surface area contributed by atoms with Crippen LogP contribution in [-0.4, -0.2) is 32.9 Å². The Balaban J connectivity index is 1.56. The summed E-state index contributed by atoms with van der Waals surface area (Å²) in [6.07, 6.45) is 0. The Labute approximate surface area is 150 Å². The lowest BCUT2D eigenvalue weighted by Gasteiger charge is -2.05. The van der Waals surface area contributed by atoms with Gasteiger partial charge in [0.15, 0.2) is 11.5 Å². The average molecular weight is 402 g/mol. The molecule has 0 saturated carbocycles. The van der Waals surface area contributed by atoms with Crippen LogP contribution in [0.25, 0.3) is 11.4 Å². The number of ether oxygens (including phenoxy) is 2. The van der Waals surface area contributed by atoms with Crippen LogP contribution in [0.3, 0.4) is 0 Å². The summed E-state index contributed by atoms with van der Waals surface area (Å²) in [6.45, 7) is 0.641. The number of tetrazole rings is 1. The van der Waals surface area contributed by atoms with E-state index < -0.39 is 5.91 Å². The third-order valence-corrected chi connectivity index (χ3v) is 4.47. The molecule has 0 radical (unpaired) electrons. The van der Waals surface area contributed by atoms with Crippen molar-refractivity contribution in [2.75, 3.05) is 6.79 Å². The van der Waals surface area contributed by atoms with E-state index in [4.69, 9.17) is 15.2 Å². The van der Waals surface area contributed by atoms with Crippen molar-refractivity contribution in [2.45, 2.75) is 6.54 Å². The van der Waals surface area contributed by atoms with Crippen LogP contribution in [0, 0.1) is 0 Å². The van der Waals surface area contributed by atoms with E-state index >= 15 is 0 Å². The summed E-state index contributed by atoms with van der Waals surface area (Å²) in [5.41, 5.74) is 7.36. The highest BCUT2D eigenvalue weighted by Crippen LogP contribution is 2.37. The van der Waals surface area contributed by atoms with Crippen molar-refractivity contribution < 1.29 is 14.3 Å². The summed E-state index contributed by atoms with van der Waals surface area (Å²) in [7, 11) is 0. The van der Waals surface area contributed by atoms with Crippen molar-refractivity contribution in [1.29, 1.82) is 0 Å². The van der Waals surface area contributed by atoms with Crippen LogP contribution >= 0.6 is 15.9 Å². The van der Waals surface area contributed by atoms with Crippen LogP contribution in [0.15, 0.2) is 40.9 Å². The molecule has 2 N–H and O–H groups in total. The number of rotatable bonds is 4. The van der Waals surface area contributed by atoms with E-state index in [-0.39, 0.29) is 6.79 Å². The van der Waals surface area contributed by atoms with E-state index in [1.54, 1.807) is 24.3 Å². The van der Waals surface area contributed by atoms with E-state index in [0.717, 1.165) is 15.6 Å². The molecule has 8 nitrogen and oxygen atoms in total. The van der Waals surface area contributed by atoms with Gasteiger partial charge in [0, 0.05) is 15.6 Å². The van der Waals surface area contributed by atoms with Gasteiger partial charge in [-0.1, -0.05) is 28.1 Å². The molecule has 126 valence electrons. The van der Waals surface area contributed by atoms with Crippen molar-refractivity contribution in [3.63, 3.8) is 0 Å². The molecule has 0 saturated heterocycles. The number of fused-ring (bicyclic) bond motifs is 1. The van der Waals surface area contributed by atoms with Crippen molar-refractivity contribution in [2.24, 2.45) is 5.73 Å². The monoisotopic (exact) mass is 401 g/mol. The quantitative estimate of drug-likeness (QED) is 0.716. The Kier molecular flexibility index (Phi) is 3.85. The van der Waals surface area contributed by atoms with Gasteiger partial charge in [0.05, 0.1) is 6.54 Å². The Morgan fingerprint density at radius 3 is 2.64 bits per heavy atom. The molecule has 1 aromatic heterocycles. The van der Waals surface area contributed by atoms with Crippen LogP contribution in [-0.2, 0) is 6.54 Å². The molecule has 0 fully saturated rings. The van der Waals surface area contributed by atoms with Crippen LogP contribution in [0.2, 0.25) is 0 Å². The average Bonchev–Trinajstić information content (AvgIpc) is 3.24. The smallest absolute Gasteiger partial charge is 0.248 e. The zero-order chi connectivity index (χ0) is 17.4. The standard InChI is InChI=1S/C16H12BrN5O3/c17-12-6-14-13(24-8-25-14)5-11(12)7-22-20-16(19-21-22)10-3-1-9(2-4-10)15(18)23/h1-6H,7-8H2,(H2,18,23). The molecule has 2 heterocycles. The first-order valence-corrected chi connectivity index (χ1v) is 8.15. The Hall–Kier alpha value is -2.94. The van der Waals surface area contributed by atoms with Crippen molar-refractivity contribution in [3.05, 3.63) is 52.0 Å². The van der Waals surface area contributed by atoms with Gasteiger partial charge in [-0.05, 0) is 35.0 Å². The second kappa shape index (κ2) is 6.17. The fourth-order valence-electron chi connectivity index (χ4n) is 2.44. The summed E-state index contributed by atoms with van der Waals surface area (Å²) in [6, 6.07) is 10.5. The van der Waals surface area contributed by atoms with Gasteiger partial charge >= 0.3 is 0 Å². The van der Waals surface area contributed by atoms with Gasteiger partial charge in [0.25, 0.3) is 0 Å². The van der Waals surface area contributed by atoms with Gasteiger partial charge in [0.2, 0.25) is 18.5 Å². The largest absolute Gasteiger partial charge is 0.454 e. The van der Waals surface area contributed by atoms with E-state index in [1.807, 2.05) is 12.1 Å². The summed E-state index contributed by atoms with van der Waals surface area (Å²) in [4.78, 5) is 12.6. The summed E-state index contributed by atoms with van der Waals surface area (Å²) in [5.74, 6) is 1.39. The van der Waals surface area contributed by atoms with E-state index in [1.165, 1.54) is 4.80 Å². The summed E-state index contributed by atoms with van der Waals surface area (Å²) >= 11 is 3.51. The highest BCUT2D eigenvalue weighted by molar-refractivity contribution is 9.10. The number of nitrogens with zero attached hydrogens (tertiary/aromatic N) is 4. The summed E-state index contributed by atoms with van der Waals surface area (Å²) < 4.78 is 11.6. The molecule has 9 heteroatoms. The minimum atomic E-state index is -0.476. The predicted octanol–water partition coefficient (Wildman–Crippen LogP) is 1.98. The molecular weight excluding hydrogens is 390 g/mol. The topological polar surface area (TPSA) is 105 Å². The number of carbonyl (C=O) groups excluding carboxylic acids is 1. The minimum Gasteiger partial charge on any atom is -0.454 e. The molecule has 0 atom stereocenters. The molecule has 2 aromatic carbocycles. The molecule has 0 bridgehead atoms. The van der Waals surface area contributed by atoms with E-state index in [2.05, 4.69) is 31.3 Å². The number of amides is 1. The third kappa shape index (κ3) is 3.05. The second-order valence-electron chi connectivity index (χ2n) is 5.38. The van der Waals surface area contributed by atoms with Gasteiger partial charge in [-0.2, -0.15) is 4.80 Å².